The Morgan fingerprint density at radius 2 is 1.50 bits per heavy atom. The number of hydrogen-bond donors (Lipinski definition) is 0. The molecule has 0 atom stereocenters. The molecule has 3 heteroatoms. The molecule has 0 spiro atoms. The minimum atomic E-state index is -0.205. The molecule has 2 aromatic carbocycles. The highest BCUT2D eigenvalue weighted by Gasteiger charge is 2.20. The summed E-state index contributed by atoms with van der Waals surface area (Å²) in [6, 6.07) is 19.4. The van der Waals surface area contributed by atoms with Crippen molar-refractivity contribution in [1.29, 1.82) is 0 Å². The molecule has 0 aromatic heterocycles. The fourth-order valence-corrected chi connectivity index (χ4v) is 3.32. The number of amides is 1. The van der Waals surface area contributed by atoms with Gasteiger partial charge in [-0.2, -0.15) is 0 Å². The molecule has 1 aliphatic heterocycles. The van der Waals surface area contributed by atoms with E-state index >= 15 is 0 Å². The quantitative estimate of drug-likeness (QED) is 0.684. The van der Waals surface area contributed by atoms with Crippen LogP contribution in [0.15, 0.2) is 88.5 Å². The van der Waals surface area contributed by atoms with Crippen molar-refractivity contribution in [3.8, 4) is 0 Å². The first-order chi connectivity index (χ1) is 10.9. The Morgan fingerprint density at radius 3 is 2.09 bits per heavy atom. The lowest BCUT2D eigenvalue weighted by Crippen LogP contribution is -2.26. The van der Waals surface area contributed by atoms with Gasteiger partial charge in [-0.05, 0) is 67.3 Å². The number of carbonyl (C=O) groups is 1. The number of rotatable bonds is 3. The largest absolute Gasteiger partial charge is 0.277 e. The molecule has 0 N–H and O–H groups in total. The third-order valence-corrected chi connectivity index (χ3v) is 4.61. The van der Waals surface area contributed by atoms with Crippen molar-refractivity contribution in [2.24, 2.45) is 0 Å². The number of halogens is 1. The fraction of sp³-hybridized carbons (Fsp3) is 0. The molecule has 0 bridgehead atoms. The molecule has 0 fully saturated rings. The predicted octanol–water partition coefficient (Wildman–Crippen LogP) is 4.73. The van der Waals surface area contributed by atoms with Gasteiger partial charge in [0.1, 0.15) is 0 Å². The molecule has 1 heterocycles. The van der Waals surface area contributed by atoms with Crippen LogP contribution in [-0.4, -0.2) is 9.57 Å². The summed E-state index contributed by atoms with van der Waals surface area (Å²) in [5.41, 5.74) is 2.40. The van der Waals surface area contributed by atoms with E-state index in [1.807, 2.05) is 78.9 Å². The first-order valence-corrected chi connectivity index (χ1v) is 9.21. The highest BCUT2D eigenvalue weighted by atomic mass is 127. The minimum absolute atomic E-state index is 0.0300. The van der Waals surface area contributed by atoms with Gasteiger partial charge in [-0.1, -0.05) is 40.1 Å². The Hall–Kier alpha value is -2.23. The molecule has 2 nitrogen and oxygen atoms in total. The lowest BCUT2D eigenvalue weighted by atomic mass is 10.1. The Labute approximate surface area is 139 Å². The number of hydrogen-bond acceptors (Lipinski definition) is 1. The van der Waals surface area contributed by atoms with Crippen LogP contribution in [0, 0.1) is 0 Å². The van der Waals surface area contributed by atoms with Crippen molar-refractivity contribution in [3.05, 3.63) is 88.5 Å². The Balaban J connectivity index is 2.05. The third kappa shape index (κ3) is 3.32. The maximum absolute atomic E-state index is 13.0. The number of para-hydroxylation sites is 2. The zero-order valence-electron chi connectivity index (χ0n) is 11.8. The first kappa shape index (κ1) is 14.7. The number of nitrogens with zero attached hydrogens (tertiary/aromatic N) is 1. The lowest BCUT2D eigenvalue weighted by molar-refractivity contribution is -0.114. The van der Waals surface area contributed by atoms with Crippen molar-refractivity contribution >= 4 is 41.7 Å². The van der Waals surface area contributed by atoms with Gasteiger partial charge in [0, 0.05) is 16.9 Å². The van der Waals surface area contributed by atoms with Gasteiger partial charge in [0.2, 0.25) is 0 Å². The van der Waals surface area contributed by atoms with E-state index in [0.29, 0.717) is 5.57 Å². The summed E-state index contributed by atoms with van der Waals surface area (Å²) in [6.07, 6.45) is 5.60. The van der Waals surface area contributed by atoms with Crippen LogP contribution in [0.3, 0.4) is 0 Å². The molecule has 108 valence electrons. The van der Waals surface area contributed by atoms with Gasteiger partial charge in [0.05, 0.1) is 0 Å². The van der Waals surface area contributed by atoms with Gasteiger partial charge in [0.15, 0.2) is 0 Å². The van der Waals surface area contributed by atoms with Crippen molar-refractivity contribution in [3.63, 3.8) is 0 Å². The molecule has 0 saturated carbocycles. The van der Waals surface area contributed by atoms with E-state index in [1.165, 1.54) is 0 Å². The Bertz CT molecular complexity index is 745. The summed E-state index contributed by atoms with van der Waals surface area (Å²) in [7, 11) is 0. The van der Waals surface area contributed by atoms with Crippen LogP contribution in [0.4, 0.5) is 11.4 Å². The van der Waals surface area contributed by atoms with Crippen LogP contribution in [-0.2, 0) is 4.79 Å². The molecule has 2 aromatic rings. The second-order valence-electron chi connectivity index (χ2n) is 4.61. The molecule has 0 unspecified atom stereocenters. The number of allylic oxidation sites excluding steroid dienone is 2. The average molecular weight is 399 g/mol. The number of carbonyl (C=O) groups excluding carboxylic acids is 1. The van der Waals surface area contributed by atoms with E-state index in [4.69, 9.17) is 0 Å². The SMILES string of the molecule is O=C(C1=CC=C=IC=C1)N(c1ccccc1)c1ccccc1. The summed E-state index contributed by atoms with van der Waals surface area (Å²) >= 11 is -0.205. The zero-order chi connectivity index (χ0) is 15.2. The van der Waals surface area contributed by atoms with E-state index < -0.39 is 0 Å². The van der Waals surface area contributed by atoms with Crippen LogP contribution >= 0.6 is 20.7 Å². The average Bonchev–Trinajstić information content (AvgIpc) is 2.86. The van der Waals surface area contributed by atoms with Gasteiger partial charge >= 0.3 is 0 Å². The summed E-state index contributed by atoms with van der Waals surface area (Å²) in [4.78, 5) is 14.8. The van der Waals surface area contributed by atoms with Crippen LogP contribution < -0.4 is 4.90 Å². The summed E-state index contributed by atoms with van der Waals surface area (Å²) in [5, 5.41) is 0. The predicted molar refractivity (Wildman–Crippen MR) is 101 cm³/mol. The van der Waals surface area contributed by atoms with E-state index in [9.17, 15) is 4.79 Å². The van der Waals surface area contributed by atoms with E-state index in [1.54, 1.807) is 4.90 Å². The zero-order valence-corrected chi connectivity index (χ0v) is 14.0. The van der Waals surface area contributed by atoms with E-state index in [-0.39, 0.29) is 26.6 Å². The molecule has 1 aliphatic rings. The molecule has 0 radical (unpaired) electrons. The summed E-state index contributed by atoms with van der Waals surface area (Å²) in [6.45, 7) is 0. The smallest absolute Gasteiger partial charge is 0.262 e. The molecule has 0 aliphatic carbocycles. The van der Waals surface area contributed by atoms with Gasteiger partial charge in [0.25, 0.3) is 5.91 Å². The fourth-order valence-electron chi connectivity index (χ4n) is 2.16. The van der Waals surface area contributed by atoms with Crippen molar-refractivity contribution in [2.45, 2.75) is 0 Å². The standard InChI is InChI=1S/C19H14INO/c22-19(16-8-7-14-20-15-13-16)21(17-9-3-1-4-10-17)18-11-5-2-6-12-18/h1-13,15H. The molecule has 22 heavy (non-hydrogen) atoms. The summed E-state index contributed by atoms with van der Waals surface area (Å²) < 4.78 is 5.26. The van der Waals surface area contributed by atoms with Gasteiger partial charge < -0.3 is 0 Å². The van der Waals surface area contributed by atoms with E-state index in [2.05, 4.69) is 7.75 Å². The second-order valence-corrected chi connectivity index (χ2v) is 6.58. The van der Waals surface area contributed by atoms with Gasteiger partial charge in [-0.15, -0.1) is 0 Å². The van der Waals surface area contributed by atoms with Crippen molar-refractivity contribution in [1.82, 2.24) is 0 Å². The van der Waals surface area contributed by atoms with Crippen molar-refractivity contribution in [2.75, 3.05) is 4.90 Å². The minimum Gasteiger partial charge on any atom is -0.277 e. The highest BCUT2D eigenvalue weighted by Crippen LogP contribution is 2.27. The Morgan fingerprint density at radius 1 is 0.909 bits per heavy atom. The molecule has 3 rings (SSSR count). The van der Waals surface area contributed by atoms with Gasteiger partial charge in [-0.3, -0.25) is 9.69 Å². The normalized spacial score (nSPS) is 13.0. The third-order valence-electron chi connectivity index (χ3n) is 3.17. The maximum Gasteiger partial charge on any atom is 0.262 e. The maximum atomic E-state index is 13.0. The lowest BCUT2D eigenvalue weighted by Gasteiger charge is -2.23. The Kier molecular flexibility index (Phi) is 4.78. The highest BCUT2D eigenvalue weighted by molar-refractivity contribution is 14.2. The number of anilines is 2. The molecule has 0 saturated heterocycles. The second kappa shape index (κ2) is 7.16. The monoisotopic (exact) mass is 399 g/mol. The van der Waals surface area contributed by atoms with Crippen LogP contribution in [0.1, 0.15) is 0 Å². The molecular weight excluding hydrogens is 385 g/mol. The molecular formula is C19H14INO. The first-order valence-electron chi connectivity index (χ1n) is 6.89. The van der Waals surface area contributed by atoms with Gasteiger partial charge in [-0.25, -0.2) is 0 Å². The van der Waals surface area contributed by atoms with Crippen molar-refractivity contribution < 1.29 is 4.79 Å². The van der Waals surface area contributed by atoms with E-state index in [0.717, 1.165) is 11.4 Å². The molecule has 1 amide bonds. The van der Waals surface area contributed by atoms with Crippen LogP contribution in [0.5, 0.6) is 0 Å². The number of benzene rings is 2. The summed E-state index contributed by atoms with van der Waals surface area (Å²) in [5.74, 6) is -0.0300. The topological polar surface area (TPSA) is 20.3 Å². The van der Waals surface area contributed by atoms with Crippen LogP contribution in [0.2, 0.25) is 0 Å². The van der Waals surface area contributed by atoms with Crippen LogP contribution in [0.25, 0.3) is 0 Å².